The highest BCUT2D eigenvalue weighted by molar-refractivity contribution is 6.30. The number of aliphatic hydroxyl groups is 1. The van der Waals surface area contributed by atoms with Gasteiger partial charge in [-0.1, -0.05) is 23.7 Å². The number of amides is 2. The van der Waals surface area contributed by atoms with Crippen LogP contribution in [0.5, 0.6) is 0 Å². The Morgan fingerprint density at radius 3 is 2.70 bits per heavy atom. The first-order valence-corrected chi connectivity index (χ1v) is 6.41. The van der Waals surface area contributed by atoms with E-state index in [9.17, 15) is 9.59 Å². The van der Waals surface area contributed by atoms with E-state index in [2.05, 4.69) is 5.32 Å². The fourth-order valence-corrected chi connectivity index (χ4v) is 1.84. The number of hydrogen-bond acceptors (Lipinski definition) is 3. The Kier molecular flexibility index (Phi) is 6.27. The molecule has 1 atom stereocenters. The number of aliphatic carboxylic acids is 1. The number of benzene rings is 1. The molecule has 0 aliphatic carbocycles. The van der Waals surface area contributed by atoms with Gasteiger partial charge >= 0.3 is 12.0 Å². The van der Waals surface area contributed by atoms with Crippen LogP contribution in [0.3, 0.4) is 0 Å². The van der Waals surface area contributed by atoms with Gasteiger partial charge in [-0.3, -0.25) is 0 Å². The van der Waals surface area contributed by atoms with E-state index < -0.39 is 18.0 Å². The maximum Gasteiger partial charge on any atom is 0.326 e. The Hall–Kier alpha value is -1.79. The Labute approximate surface area is 122 Å². The van der Waals surface area contributed by atoms with Crippen LogP contribution >= 0.6 is 11.6 Å². The van der Waals surface area contributed by atoms with Gasteiger partial charge in [0.1, 0.15) is 6.04 Å². The maximum absolute atomic E-state index is 11.9. The van der Waals surface area contributed by atoms with Gasteiger partial charge in [0, 0.05) is 31.6 Å². The summed E-state index contributed by atoms with van der Waals surface area (Å²) in [6.45, 7) is -0.00683. The van der Waals surface area contributed by atoms with Crippen LogP contribution in [-0.4, -0.2) is 46.8 Å². The Morgan fingerprint density at radius 1 is 1.45 bits per heavy atom. The summed E-state index contributed by atoms with van der Waals surface area (Å²) in [5, 5.41) is 20.6. The topological polar surface area (TPSA) is 89.9 Å². The summed E-state index contributed by atoms with van der Waals surface area (Å²) in [4.78, 5) is 24.1. The molecular formula is C13H17ClN2O4. The number of nitrogens with one attached hydrogen (secondary N) is 1. The third kappa shape index (κ3) is 5.07. The number of halogens is 1. The zero-order valence-corrected chi connectivity index (χ0v) is 11.8. The van der Waals surface area contributed by atoms with Gasteiger partial charge in [-0.15, -0.1) is 0 Å². The number of nitrogens with zero attached hydrogens (tertiary/aromatic N) is 1. The molecule has 3 N–H and O–H groups in total. The quantitative estimate of drug-likeness (QED) is 0.739. The first-order chi connectivity index (χ1) is 9.43. The van der Waals surface area contributed by atoms with E-state index in [0.29, 0.717) is 11.6 Å². The lowest BCUT2D eigenvalue weighted by atomic mass is 10.2. The molecule has 20 heavy (non-hydrogen) atoms. The molecule has 0 heterocycles. The average molecular weight is 301 g/mol. The molecule has 0 spiro atoms. The first-order valence-electron chi connectivity index (χ1n) is 6.03. The van der Waals surface area contributed by atoms with Crippen LogP contribution < -0.4 is 5.32 Å². The highest BCUT2D eigenvalue weighted by atomic mass is 35.5. The molecule has 1 aromatic carbocycles. The average Bonchev–Trinajstić information content (AvgIpc) is 2.37. The van der Waals surface area contributed by atoms with Crippen molar-refractivity contribution in [2.45, 2.75) is 19.0 Å². The van der Waals surface area contributed by atoms with Crippen LogP contribution in [0.4, 0.5) is 4.79 Å². The van der Waals surface area contributed by atoms with E-state index in [0.717, 1.165) is 5.56 Å². The van der Waals surface area contributed by atoms with E-state index in [1.54, 1.807) is 25.2 Å². The second-order valence-electron chi connectivity index (χ2n) is 4.34. The van der Waals surface area contributed by atoms with Gasteiger partial charge in [-0.25, -0.2) is 9.59 Å². The number of rotatable bonds is 6. The van der Waals surface area contributed by atoms with Crippen LogP contribution in [-0.2, 0) is 11.3 Å². The molecule has 7 heteroatoms. The molecule has 110 valence electrons. The van der Waals surface area contributed by atoms with Crippen molar-refractivity contribution in [1.29, 1.82) is 0 Å². The summed E-state index contributed by atoms with van der Waals surface area (Å²) in [7, 11) is 1.55. The normalized spacial score (nSPS) is 11.8. The standard InChI is InChI=1S/C13H17ClN2O4/c1-16(8-9-3-2-4-10(14)7-9)13(20)15-11(5-6-17)12(18)19/h2-4,7,11,17H,5-6,8H2,1H3,(H,15,20)(H,18,19)/t11-/m1/s1. The number of carboxylic acid groups (broad SMARTS) is 1. The summed E-state index contributed by atoms with van der Waals surface area (Å²) in [5.74, 6) is -1.18. The lowest BCUT2D eigenvalue weighted by Gasteiger charge is -2.21. The van der Waals surface area contributed by atoms with Crippen LogP contribution in [0.15, 0.2) is 24.3 Å². The van der Waals surface area contributed by atoms with Gasteiger partial charge in [0.15, 0.2) is 0 Å². The van der Waals surface area contributed by atoms with E-state index in [4.69, 9.17) is 21.8 Å². The van der Waals surface area contributed by atoms with E-state index in [-0.39, 0.29) is 13.0 Å². The van der Waals surface area contributed by atoms with E-state index in [1.165, 1.54) is 4.90 Å². The summed E-state index contributed by atoms with van der Waals surface area (Å²) in [5.41, 5.74) is 0.837. The Balaban J connectivity index is 2.60. The van der Waals surface area contributed by atoms with Gasteiger partial charge in [0.2, 0.25) is 0 Å². The number of carboxylic acids is 1. The second kappa shape index (κ2) is 7.72. The van der Waals surface area contributed by atoms with Gasteiger partial charge in [0.25, 0.3) is 0 Å². The molecule has 0 saturated heterocycles. The Bertz CT molecular complexity index is 481. The molecule has 1 rings (SSSR count). The van der Waals surface area contributed by atoms with Crippen LogP contribution in [0.2, 0.25) is 5.02 Å². The number of urea groups is 1. The number of hydrogen-bond donors (Lipinski definition) is 3. The SMILES string of the molecule is CN(Cc1cccc(Cl)c1)C(=O)N[C@H](CCO)C(=O)O. The minimum Gasteiger partial charge on any atom is -0.480 e. The second-order valence-corrected chi connectivity index (χ2v) is 4.78. The highest BCUT2D eigenvalue weighted by Crippen LogP contribution is 2.12. The predicted molar refractivity (Wildman–Crippen MR) is 74.6 cm³/mol. The van der Waals surface area contributed by atoms with Gasteiger partial charge in [-0.05, 0) is 17.7 Å². The van der Waals surface area contributed by atoms with Crippen LogP contribution in [0, 0.1) is 0 Å². The number of carbonyl (C=O) groups is 2. The third-order valence-electron chi connectivity index (χ3n) is 2.67. The third-order valence-corrected chi connectivity index (χ3v) is 2.90. The van der Waals surface area contributed by atoms with Crippen molar-refractivity contribution in [2.75, 3.05) is 13.7 Å². The fraction of sp³-hybridized carbons (Fsp3) is 0.385. The summed E-state index contributed by atoms with van der Waals surface area (Å²) < 4.78 is 0. The largest absolute Gasteiger partial charge is 0.480 e. The zero-order chi connectivity index (χ0) is 15.1. The molecular weight excluding hydrogens is 284 g/mol. The molecule has 0 fully saturated rings. The fourth-order valence-electron chi connectivity index (χ4n) is 1.63. The van der Waals surface area contributed by atoms with Crippen molar-refractivity contribution in [2.24, 2.45) is 0 Å². The zero-order valence-electron chi connectivity index (χ0n) is 11.0. The van der Waals surface area contributed by atoms with Crippen molar-refractivity contribution in [1.82, 2.24) is 10.2 Å². The molecule has 0 saturated carbocycles. The van der Waals surface area contributed by atoms with Crippen molar-refractivity contribution in [3.63, 3.8) is 0 Å². The van der Waals surface area contributed by atoms with Crippen molar-refractivity contribution in [3.8, 4) is 0 Å². The lowest BCUT2D eigenvalue weighted by molar-refractivity contribution is -0.139. The lowest BCUT2D eigenvalue weighted by Crippen LogP contribution is -2.46. The van der Waals surface area contributed by atoms with Crippen molar-refractivity contribution >= 4 is 23.6 Å². The molecule has 0 bridgehead atoms. The number of carbonyl (C=O) groups excluding carboxylic acids is 1. The van der Waals surface area contributed by atoms with Gasteiger partial charge < -0.3 is 20.4 Å². The van der Waals surface area contributed by atoms with Gasteiger partial charge in [0.05, 0.1) is 0 Å². The smallest absolute Gasteiger partial charge is 0.326 e. The first kappa shape index (κ1) is 16.3. The monoisotopic (exact) mass is 300 g/mol. The number of aliphatic hydroxyl groups excluding tert-OH is 1. The van der Waals surface area contributed by atoms with E-state index >= 15 is 0 Å². The molecule has 2 amide bonds. The highest BCUT2D eigenvalue weighted by Gasteiger charge is 2.21. The summed E-state index contributed by atoms with van der Waals surface area (Å²) >= 11 is 5.85. The summed E-state index contributed by atoms with van der Waals surface area (Å²) in [6.07, 6.45) is -0.0356. The summed E-state index contributed by atoms with van der Waals surface area (Å²) in [6, 6.07) is 5.42. The molecule has 1 aromatic rings. The van der Waals surface area contributed by atoms with Crippen LogP contribution in [0.25, 0.3) is 0 Å². The molecule has 6 nitrogen and oxygen atoms in total. The van der Waals surface area contributed by atoms with Crippen LogP contribution in [0.1, 0.15) is 12.0 Å². The molecule has 0 aliphatic rings. The molecule has 0 aliphatic heterocycles. The molecule has 0 radical (unpaired) electrons. The molecule has 0 aromatic heterocycles. The minimum atomic E-state index is -1.18. The van der Waals surface area contributed by atoms with E-state index in [1.807, 2.05) is 6.07 Å². The maximum atomic E-state index is 11.9. The van der Waals surface area contributed by atoms with Crippen molar-refractivity contribution in [3.05, 3.63) is 34.9 Å². The molecule has 0 unspecified atom stereocenters. The minimum absolute atomic E-state index is 0.0356. The van der Waals surface area contributed by atoms with Gasteiger partial charge in [-0.2, -0.15) is 0 Å². The predicted octanol–water partition coefficient (Wildman–Crippen LogP) is 1.32. The Morgan fingerprint density at radius 2 is 2.15 bits per heavy atom. The van der Waals surface area contributed by atoms with Crippen molar-refractivity contribution < 1.29 is 19.8 Å².